The Bertz CT molecular complexity index is 478. The third-order valence-electron chi connectivity index (χ3n) is 3.33. The molecule has 1 amide bonds. The molecule has 0 unspecified atom stereocenters. The first kappa shape index (κ1) is 14.4. The molecule has 7 nitrogen and oxygen atoms in total. The Balaban J connectivity index is 1.92. The lowest BCUT2D eigenvalue weighted by atomic mass is 10.3. The summed E-state index contributed by atoms with van der Waals surface area (Å²) in [4.78, 5) is 31.2. The van der Waals surface area contributed by atoms with Crippen LogP contribution in [0, 0.1) is 0 Å². The predicted octanol–water partition coefficient (Wildman–Crippen LogP) is 0.115. The summed E-state index contributed by atoms with van der Waals surface area (Å²) in [7, 11) is 0. The topological polar surface area (TPSA) is 67.7 Å². The highest BCUT2D eigenvalue weighted by Crippen LogP contribution is 2.14. The number of carbonyl (C=O) groups excluding carboxylic acids is 2. The van der Waals surface area contributed by atoms with Crippen LogP contribution in [0.2, 0.25) is 0 Å². The van der Waals surface area contributed by atoms with Crippen molar-refractivity contribution in [1.82, 2.24) is 14.5 Å². The molecular formula is C13H20N4O3. The quantitative estimate of drug-likeness (QED) is 0.581. The Morgan fingerprint density at radius 3 is 2.55 bits per heavy atom. The largest absolute Gasteiger partial charge is 0.459 e. The number of rotatable bonds is 3. The summed E-state index contributed by atoms with van der Waals surface area (Å²) < 4.78 is 6.79. The standard InChI is InChI=1S/C13H20N4O3/c1-3-15-6-5-14-13(15)17-9-7-16(8-10-17)11(18)12(19)20-4-2/h5-6H,3-4,7-10H2,1-2H3. The summed E-state index contributed by atoms with van der Waals surface area (Å²) >= 11 is 0. The fourth-order valence-corrected chi connectivity index (χ4v) is 2.26. The Kier molecular flexibility index (Phi) is 4.60. The van der Waals surface area contributed by atoms with Gasteiger partial charge in [-0.1, -0.05) is 0 Å². The molecule has 2 heterocycles. The summed E-state index contributed by atoms with van der Waals surface area (Å²) in [5.74, 6) is -0.405. The molecule has 0 spiro atoms. The molecule has 1 fully saturated rings. The van der Waals surface area contributed by atoms with Crippen LogP contribution < -0.4 is 4.90 Å². The number of carbonyl (C=O) groups is 2. The van der Waals surface area contributed by atoms with Crippen LogP contribution in [-0.4, -0.2) is 59.1 Å². The van der Waals surface area contributed by atoms with Gasteiger partial charge in [0.15, 0.2) is 0 Å². The summed E-state index contributed by atoms with van der Waals surface area (Å²) in [6, 6.07) is 0. The van der Waals surface area contributed by atoms with E-state index in [4.69, 9.17) is 4.74 Å². The van der Waals surface area contributed by atoms with Crippen LogP contribution in [0.15, 0.2) is 12.4 Å². The zero-order valence-corrected chi connectivity index (χ0v) is 11.9. The molecule has 0 atom stereocenters. The van der Waals surface area contributed by atoms with Gasteiger partial charge in [0.05, 0.1) is 6.61 Å². The van der Waals surface area contributed by atoms with Gasteiger partial charge < -0.3 is 19.1 Å². The number of nitrogens with zero attached hydrogens (tertiary/aromatic N) is 4. The molecule has 20 heavy (non-hydrogen) atoms. The average molecular weight is 280 g/mol. The van der Waals surface area contributed by atoms with E-state index < -0.39 is 11.9 Å². The number of amides is 1. The summed E-state index contributed by atoms with van der Waals surface area (Å²) in [5.41, 5.74) is 0. The second-order valence-electron chi connectivity index (χ2n) is 4.51. The molecule has 1 aliphatic heterocycles. The Labute approximate surface area is 118 Å². The van der Waals surface area contributed by atoms with Gasteiger partial charge in [0.25, 0.3) is 0 Å². The first-order valence-electron chi connectivity index (χ1n) is 6.89. The van der Waals surface area contributed by atoms with E-state index in [1.165, 1.54) is 4.90 Å². The van der Waals surface area contributed by atoms with E-state index >= 15 is 0 Å². The van der Waals surface area contributed by atoms with Gasteiger partial charge in [-0.05, 0) is 13.8 Å². The maximum absolute atomic E-state index is 11.8. The Hall–Kier alpha value is -2.05. The molecule has 1 saturated heterocycles. The van der Waals surface area contributed by atoms with E-state index in [-0.39, 0.29) is 6.61 Å². The third-order valence-corrected chi connectivity index (χ3v) is 3.33. The van der Waals surface area contributed by atoms with Gasteiger partial charge in [0.2, 0.25) is 5.95 Å². The van der Waals surface area contributed by atoms with Gasteiger partial charge in [-0.3, -0.25) is 4.79 Å². The highest BCUT2D eigenvalue weighted by atomic mass is 16.5. The number of aromatic nitrogens is 2. The lowest BCUT2D eigenvalue weighted by molar-refractivity contribution is -0.160. The van der Waals surface area contributed by atoms with Gasteiger partial charge in [-0.2, -0.15) is 0 Å². The molecule has 0 aromatic carbocycles. The highest BCUT2D eigenvalue weighted by molar-refractivity contribution is 6.32. The Morgan fingerprint density at radius 2 is 1.95 bits per heavy atom. The molecule has 0 radical (unpaired) electrons. The number of anilines is 1. The van der Waals surface area contributed by atoms with Gasteiger partial charge >= 0.3 is 11.9 Å². The zero-order chi connectivity index (χ0) is 14.5. The van der Waals surface area contributed by atoms with Crippen LogP contribution in [-0.2, 0) is 20.9 Å². The third kappa shape index (κ3) is 2.92. The van der Waals surface area contributed by atoms with Crippen molar-refractivity contribution in [3.63, 3.8) is 0 Å². The molecule has 1 aromatic heterocycles. The van der Waals surface area contributed by atoms with Crippen LogP contribution in [0.5, 0.6) is 0 Å². The monoisotopic (exact) mass is 280 g/mol. The highest BCUT2D eigenvalue weighted by Gasteiger charge is 2.28. The fraction of sp³-hybridized carbons (Fsp3) is 0.615. The molecule has 0 N–H and O–H groups in total. The molecule has 0 bridgehead atoms. The fourth-order valence-electron chi connectivity index (χ4n) is 2.26. The van der Waals surface area contributed by atoms with Crippen molar-refractivity contribution < 1.29 is 14.3 Å². The minimum absolute atomic E-state index is 0.221. The first-order valence-corrected chi connectivity index (χ1v) is 6.89. The predicted molar refractivity (Wildman–Crippen MR) is 73.3 cm³/mol. The van der Waals surface area contributed by atoms with Crippen molar-refractivity contribution >= 4 is 17.8 Å². The number of esters is 1. The lowest BCUT2D eigenvalue weighted by Gasteiger charge is -2.34. The van der Waals surface area contributed by atoms with Crippen molar-refractivity contribution in [1.29, 1.82) is 0 Å². The van der Waals surface area contributed by atoms with Crippen LogP contribution in [0.25, 0.3) is 0 Å². The summed E-state index contributed by atoms with van der Waals surface area (Å²) in [5, 5.41) is 0. The number of piperazine rings is 1. The number of hydrogen-bond donors (Lipinski definition) is 0. The minimum Gasteiger partial charge on any atom is -0.459 e. The van der Waals surface area contributed by atoms with Crippen LogP contribution >= 0.6 is 0 Å². The molecule has 0 aliphatic carbocycles. The van der Waals surface area contributed by atoms with E-state index in [1.807, 2.05) is 6.20 Å². The normalized spacial score (nSPS) is 15.3. The van der Waals surface area contributed by atoms with Gasteiger partial charge in [-0.25, -0.2) is 9.78 Å². The Morgan fingerprint density at radius 1 is 1.25 bits per heavy atom. The SMILES string of the molecule is CCOC(=O)C(=O)N1CCN(c2nccn2CC)CC1. The molecular weight excluding hydrogens is 260 g/mol. The summed E-state index contributed by atoms with van der Waals surface area (Å²) in [6.07, 6.45) is 3.71. The van der Waals surface area contributed by atoms with Crippen molar-refractivity contribution in [2.75, 3.05) is 37.7 Å². The lowest BCUT2D eigenvalue weighted by Crippen LogP contribution is -2.51. The van der Waals surface area contributed by atoms with E-state index in [9.17, 15) is 9.59 Å². The molecule has 0 saturated carbocycles. The maximum Gasteiger partial charge on any atom is 0.397 e. The number of imidazole rings is 1. The van der Waals surface area contributed by atoms with Crippen molar-refractivity contribution in [2.24, 2.45) is 0 Å². The number of ether oxygens (including phenoxy) is 1. The first-order chi connectivity index (χ1) is 9.67. The van der Waals surface area contributed by atoms with Gasteiger partial charge in [0, 0.05) is 45.1 Å². The van der Waals surface area contributed by atoms with Crippen molar-refractivity contribution in [3.8, 4) is 0 Å². The molecule has 7 heteroatoms. The van der Waals surface area contributed by atoms with E-state index in [0.717, 1.165) is 12.5 Å². The number of aryl methyl sites for hydroxylation is 1. The second-order valence-corrected chi connectivity index (χ2v) is 4.51. The molecule has 1 aliphatic rings. The average Bonchev–Trinajstić information content (AvgIpc) is 2.95. The van der Waals surface area contributed by atoms with Crippen molar-refractivity contribution in [3.05, 3.63) is 12.4 Å². The summed E-state index contributed by atoms with van der Waals surface area (Å²) in [6.45, 7) is 7.18. The van der Waals surface area contributed by atoms with Crippen LogP contribution in [0.4, 0.5) is 5.95 Å². The number of hydrogen-bond acceptors (Lipinski definition) is 5. The van der Waals surface area contributed by atoms with Crippen LogP contribution in [0.1, 0.15) is 13.8 Å². The van der Waals surface area contributed by atoms with Crippen molar-refractivity contribution in [2.45, 2.75) is 20.4 Å². The van der Waals surface area contributed by atoms with Gasteiger partial charge in [-0.15, -0.1) is 0 Å². The van der Waals surface area contributed by atoms with E-state index in [2.05, 4.69) is 21.4 Å². The molecule has 1 aromatic rings. The molecule has 110 valence electrons. The van der Waals surface area contributed by atoms with Crippen LogP contribution in [0.3, 0.4) is 0 Å². The zero-order valence-electron chi connectivity index (χ0n) is 11.9. The minimum atomic E-state index is -0.768. The smallest absolute Gasteiger partial charge is 0.397 e. The maximum atomic E-state index is 11.8. The van der Waals surface area contributed by atoms with E-state index in [0.29, 0.717) is 26.2 Å². The van der Waals surface area contributed by atoms with Gasteiger partial charge in [0.1, 0.15) is 0 Å². The second kappa shape index (κ2) is 6.40. The van der Waals surface area contributed by atoms with E-state index in [1.54, 1.807) is 13.1 Å². The molecule has 2 rings (SSSR count).